The molecule has 31 heavy (non-hydrogen) atoms. The third-order valence-electron chi connectivity index (χ3n) is 5.48. The van der Waals surface area contributed by atoms with Gasteiger partial charge in [0.25, 0.3) is 0 Å². The largest absolute Gasteiger partial charge is 0.368 e. The quantitative estimate of drug-likeness (QED) is 0.617. The number of benzene rings is 2. The van der Waals surface area contributed by atoms with E-state index in [-0.39, 0.29) is 5.91 Å². The maximum atomic E-state index is 13.4. The van der Waals surface area contributed by atoms with Gasteiger partial charge >= 0.3 is 0 Å². The second-order valence-corrected chi connectivity index (χ2v) is 10.4. The van der Waals surface area contributed by atoms with E-state index < -0.39 is 16.1 Å². The first-order valence-electron chi connectivity index (χ1n) is 10.2. The molecule has 6 nitrogen and oxygen atoms in total. The Bertz CT molecular complexity index is 1050. The monoisotopic (exact) mass is 483 g/mol. The fourth-order valence-corrected chi connectivity index (χ4v) is 5.51. The predicted molar refractivity (Wildman–Crippen MR) is 128 cm³/mol. The Morgan fingerprint density at radius 3 is 2.29 bits per heavy atom. The van der Waals surface area contributed by atoms with Crippen molar-refractivity contribution in [1.82, 2.24) is 4.90 Å². The van der Waals surface area contributed by atoms with Crippen LogP contribution >= 0.6 is 23.2 Å². The molecule has 168 valence electrons. The van der Waals surface area contributed by atoms with E-state index in [1.54, 1.807) is 29.2 Å². The Hall–Kier alpha value is -1.96. The summed E-state index contributed by atoms with van der Waals surface area (Å²) in [7, 11) is -3.69. The van der Waals surface area contributed by atoms with E-state index in [9.17, 15) is 13.2 Å². The van der Waals surface area contributed by atoms with E-state index in [2.05, 4.69) is 4.90 Å². The van der Waals surface area contributed by atoms with Gasteiger partial charge in [0.15, 0.2) is 0 Å². The molecule has 0 N–H and O–H groups in total. The van der Waals surface area contributed by atoms with Gasteiger partial charge in [-0.1, -0.05) is 42.3 Å². The molecule has 0 spiro atoms. The van der Waals surface area contributed by atoms with Crippen molar-refractivity contribution in [3.05, 3.63) is 58.1 Å². The molecule has 1 aliphatic rings. The topological polar surface area (TPSA) is 60.9 Å². The SMILES string of the molecule is CC[C@@H](C(=O)N1CCN(c2cc(Cl)ccc2C)CC1)N(c1cccc(Cl)c1)S(C)(=O)=O. The summed E-state index contributed by atoms with van der Waals surface area (Å²) >= 11 is 12.2. The Morgan fingerprint density at radius 2 is 1.71 bits per heavy atom. The molecule has 0 radical (unpaired) electrons. The van der Waals surface area contributed by atoms with Gasteiger partial charge < -0.3 is 9.80 Å². The number of rotatable bonds is 6. The summed E-state index contributed by atoms with van der Waals surface area (Å²) in [6, 6.07) is 11.5. The molecule has 0 saturated carbocycles. The van der Waals surface area contributed by atoms with Gasteiger partial charge in [0.1, 0.15) is 6.04 Å². The van der Waals surface area contributed by atoms with Gasteiger partial charge in [0.05, 0.1) is 11.9 Å². The molecule has 3 rings (SSSR count). The number of nitrogens with zero attached hydrogens (tertiary/aromatic N) is 3. The van der Waals surface area contributed by atoms with E-state index in [1.165, 1.54) is 4.31 Å². The second-order valence-electron chi connectivity index (χ2n) is 7.71. The molecule has 0 unspecified atom stereocenters. The average molecular weight is 484 g/mol. The van der Waals surface area contributed by atoms with E-state index in [4.69, 9.17) is 23.2 Å². The highest BCUT2D eigenvalue weighted by Crippen LogP contribution is 2.28. The molecule has 0 aromatic heterocycles. The molecule has 1 aliphatic heterocycles. The van der Waals surface area contributed by atoms with Crippen LogP contribution in [0.25, 0.3) is 0 Å². The van der Waals surface area contributed by atoms with Crippen LogP contribution in [-0.2, 0) is 14.8 Å². The van der Waals surface area contributed by atoms with Crippen molar-refractivity contribution in [3.8, 4) is 0 Å². The van der Waals surface area contributed by atoms with Crippen LogP contribution in [0.5, 0.6) is 0 Å². The van der Waals surface area contributed by atoms with Crippen molar-refractivity contribution in [3.63, 3.8) is 0 Å². The third kappa shape index (κ3) is 5.45. The number of hydrogen-bond acceptors (Lipinski definition) is 4. The second kappa shape index (κ2) is 9.67. The lowest BCUT2D eigenvalue weighted by molar-refractivity contribution is -0.132. The molecule has 0 aliphatic carbocycles. The maximum absolute atomic E-state index is 13.4. The standard InChI is InChI=1S/C22H27Cl2N3O3S/c1-4-20(27(31(3,29)30)19-7-5-6-17(23)14-19)22(28)26-12-10-25(11-13-26)21-15-18(24)9-8-16(21)2/h5-9,14-15,20H,4,10-13H2,1-3H3/t20-/m0/s1. The summed E-state index contributed by atoms with van der Waals surface area (Å²) in [5, 5.41) is 1.09. The normalized spacial score (nSPS) is 15.6. The fourth-order valence-electron chi connectivity index (χ4n) is 3.96. The minimum atomic E-state index is -3.69. The van der Waals surface area contributed by atoms with Gasteiger partial charge in [-0.05, 0) is 49.2 Å². The van der Waals surface area contributed by atoms with Gasteiger partial charge in [-0.15, -0.1) is 0 Å². The first-order valence-corrected chi connectivity index (χ1v) is 12.8. The highest BCUT2D eigenvalue weighted by molar-refractivity contribution is 7.92. The minimum absolute atomic E-state index is 0.199. The lowest BCUT2D eigenvalue weighted by Crippen LogP contribution is -2.56. The smallest absolute Gasteiger partial charge is 0.246 e. The van der Waals surface area contributed by atoms with Crippen molar-refractivity contribution in [1.29, 1.82) is 0 Å². The molecular weight excluding hydrogens is 457 g/mol. The minimum Gasteiger partial charge on any atom is -0.368 e. The Morgan fingerprint density at radius 1 is 1.06 bits per heavy atom. The first-order chi connectivity index (χ1) is 14.6. The van der Waals surface area contributed by atoms with E-state index in [1.807, 2.05) is 32.0 Å². The molecule has 1 atom stereocenters. The Labute approximate surface area is 194 Å². The summed E-state index contributed by atoms with van der Waals surface area (Å²) in [6.45, 7) is 6.17. The summed E-state index contributed by atoms with van der Waals surface area (Å²) in [4.78, 5) is 17.3. The summed E-state index contributed by atoms with van der Waals surface area (Å²) in [5.74, 6) is -0.199. The summed E-state index contributed by atoms with van der Waals surface area (Å²) in [6.07, 6.45) is 1.47. The molecule has 2 aromatic rings. The Kier molecular flexibility index (Phi) is 7.39. The zero-order chi connectivity index (χ0) is 22.8. The molecule has 1 heterocycles. The number of piperazine rings is 1. The lowest BCUT2D eigenvalue weighted by Gasteiger charge is -2.40. The molecule has 1 saturated heterocycles. The number of hydrogen-bond donors (Lipinski definition) is 0. The predicted octanol–water partition coefficient (Wildman–Crippen LogP) is 4.20. The van der Waals surface area contributed by atoms with Crippen molar-refractivity contribution in [2.45, 2.75) is 26.3 Å². The molecule has 9 heteroatoms. The molecule has 1 amide bonds. The molecular formula is C22H27Cl2N3O3S. The number of halogens is 2. The zero-order valence-corrected chi connectivity index (χ0v) is 20.2. The summed E-state index contributed by atoms with van der Waals surface area (Å²) < 4.78 is 26.4. The van der Waals surface area contributed by atoms with E-state index >= 15 is 0 Å². The van der Waals surface area contributed by atoms with Crippen molar-refractivity contribution in [2.24, 2.45) is 0 Å². The van der Waals surface area contributed by atoms with Crippen LogP contribution in [0.4, 0.5) is 11.4 Å². The molecule has 0 bridgehead atoms. The number of aryl methyl sites for hydroxylation is 1. The number of anilines is 2. The van der Waals surface area contributed by atoms with Gasteiger partial charge in [-0.2, -0.15) is 0 Å². The van der Waals surface area contributed by atoms with Crippen LogP contribution in [0.2, 0.25) is 10.0 Å². The average Bonchev–Trinajstić information content (AvgIpc) is 2.72. The highest BCUT2D eigenvalue weighted by atomic mass is 35.5. The van der Waals surface area contributed by atoms with Crippen LogP contribution in [0, 0.1) is 6.92 Å². The van der Waals surface area contributed by atoms with Crippen molar-refractivity contribution >= 4 is 50.5 Å². The highest BCUT2D eigenvalue weighted by Gasteiger charge is 2.35. The first kappa shape index (κ1) is 23.7. The number of carbonyl (C=O) groups excluding carboxylic acids is 1. The number of sulfonamides is 1. The summed E-state index contributed by atoms with van der Waals surface area (Å²) in [5.41, 5.74) is 2.58. The third-order valence-corrected chi connectivity index (χ3v) is 7.13. The maximum Gasteiger partial charge on any atom is 0.246 e. The van der Waals surface area contributed by atoms with Crippen LogP contribution in [0.15, 0.2) is 42.5 Å². The van der Waals surface area contributed by atoms with Gasteiger partial charge in [0, 0.05) is 41.9 Å². The van der Waals surface area contributed by atoms with E-state index in [0.29, 0.717) is 48.3 Å². The Balaban J connectivity index is 1.79. The van der Waals surface area contributed by atoms with Crippen molar-refractivity contribution < 1.29 is 13.2 Å². The lowest BCUT2D eigenvalue weighted by atomic mass is 10.1. The van der Waals surface area contributed by atoms with Crippen LogP contribution in [0.1, 0.15) is 18.9 Å². The van der Waals surface area contributed by atoms with Crippen LogP contribution < -0.4 is 9.21 Å². The van der Waals surface area contributed by atoms with Crippen LogP contribution in [-0.4, -0.2) is 57.7 Å². The number of amides is 1. The van der Waals surface area contributed by atoms with E-state index in [0.717, 1.165) is 17.5 Å². The van der Waals surface area contributed by atoms with Crippen LogP contribution in [0.3, 0.4) is 0 Å². The van der Waals surface area contributed by atoms with Crippen molar-refractivity contribution in [2.75, 3.05) is 41.6 Å². The molecule has 1 fully saturated rings. The number of carbonyl (C=O) groups is 1. The zero-order valence-electron chi connectivity index (χ0n) is 17.9. The van der Waals surface area contributed by atoms with Gasteiger partial charge in [-0.25, -0.2) is 8.42 Å². The fraction of sp³-hybridized carbons (Fsp3) is 0.409. The van der Waals surface area contributed by atoms with Gasteiger partial charge in [-0.3, -0.25) is 9.10 Å². The molecule has 2 aromatic carbocycles. The van der Waals surface area contributed by atoms with Gasteiger partial charge in [0.2, 0.25) is 15.9 Å².